The molecule has 0 saturated carbocycles. The number of hydrogen-bond acceptors (Lipinski definition) is 5. The van der Waals surface area contributed by atoms with Gasteiger partial charge in [0.2, 0.25) is 0 Å². The van der Waals surface area contributed by atoms with Crippen LogP contribution >= 0.6 is 0 Å². The molecule has 0 spiro atoms. The molecule has 5 nitrogen and oxygen atoms in total. The van der Waals surface area contributed by atoms with Crippen LogP contribution in [0.5, 0.6) is 5.75 Å². The molecule has 186 valence electrons. The van der Waals surface area contributed by atoms with Crippen LogP contribution in [0.25, 0.3) is 6.08 Å². The molecule has 0 bridgehead atoms. The zero-order valence-electron chi connectivity index (χ0n) is 21.2. The van der Waals surface area contributed by atoms with E-state index in [2.05, 4.69) is 6.92 Å². The molecule has 1 fully saturated rings. The van der Waals surface area contributed by atoms with E-state index in [-0.39, 0.29) is 18.7 Å². The van der Waals surface area contributed by atoms with E-state index in [1.54, 1.807) is 6.92 Å². The second kappa shape index (κ2) is 15.1. The summed E-state index contributed by atoms with van der Waals surface area (Å²) in [5.41, 5.74) is 1.49. The molecule has 33 heavy (non-hydrogen) atoms. The number of carbonyl (C=O) groups excluding carboxylic acids is 1. The molecule has 1 saturated heterocycles. The van der Waals surface area contributed by atoms with Gasteiger partial charge >= 0.3 is 5.97 Å². The number of benzene rings is 1. The van der Waals surface area contributed by atoms with E-state index in [4.69, 9.17) is 18.9 Å². The number of hydrogen-bond donors (Lipinski definition) is 0. The molecule has 0 N–H and O–H groups in total. The van der Waals surface area contributed by atoms with Crippen LogP contribution in [-0.4, -0.2) is 37.7 Å². The van der Waals surface area contributed by atoms with Crippen LogP contribution in [0, 0.1) is 0 Å². The van der Waals surface area contributed by atoms with Gasteiger partial charge in [-0.05, 0) is 51.0 Å². The van der Waals surface area contributed by atoms with Gasteiger partial charge in [0.1, 0.15) is 18.5 Å². The summed E-state index contributed by atoms with van der Waals surface area (Å²) in [5, 5.41) is 0. The third kappa shape index (κ3) is 11.7. The van der Waals surface area contributed by atoms with Crippen molar-refractivity contribution >= 4 is 12.0 Å². The summed E-state index contributed by atoms with van der Waals surface area (Å²) in [6.45, 7) is 9.10. The molecule has 1 heterocycles. The summed E-state index contributed by atoms with van der Waals surface area (Å²) in [5.74, 6) is -0.0897. The molecule has 1 aromatic carbocycles. The second-order valence-electron chi connectivity index (χ2n) is 9.48. The molecule has 0 amide bonds. The lowest BCUT2D eigenvalue weighted by Gasteiger charge is -2.17. The maximum absolute atomic E-state index is 12.2. The Morgan fingerprint density at radius 1 is 1.00 bits per heavy atom. The highest BCUT2D eigenvalue weighted by molar-refractivity contribution is 5.93. The third-order valence-electron chi connectivity index (χ3n) is 5.82. The van der Waals surface area contributed by atoms with Gasteiger partial charge in [-0.25, -0.2) is 4.79 Å². The highest BCUT2D eigenvalue weighted by Gasteiger charge is 2.33. The lowest BCUT2D eigenvalue weighted by Crippen LogP contribution is -2.25. The Hall–Kier alpha value is -1.85. The second-order valence-corrected chi connectivity index (χ2v) is 9.48. The lowest BCUT2D eigenvalue weighted by atomic mass is 10.1. The molecule has 1 unspecified atom stereocenters. The van der Waals surface area contributed by atoms with Crippen molar-refractivity contribution in [3.05, 3.63) is 35.4 Å². The van der Waals surface area contributed by atoms with Crippen molar-refractivity contribution in [2.24, 2.45) is 0 Å². The number of rotatable bonds is 16. The van der Waals surface area contributed by atoms with Crippen molar-refractivity contribution in [3.63, 3.8) is 0 Å². The summed E-state index contributed by atoms with van der Waals surface area (Å²) < 4.78 is 22.4. The highest BCUT2D eigenvalue weighted by atomic mass is 16.7. The van der Waals surface area contributed by atoms with Gasteiger partial charge in [-0.15, -0.1) is 0 Å². The molecule has 1 aliphatic rings. The Labute approximate surface area is 200 Å². The molecule has 0 radical (unpaired) electrons. The van der Waals surface area contributed by atoms with Gasteiger partial charge in [0.25, 0.3) is 0 Å². The Morgan fingerprint density at radius 3 is 2.18 bits per heavy atom. The third-order valence-corrected chi connectivity index (χ3v) is 5.82. The Bertz CT molecular complexity index is 708. The first-order chi connectivity index (χ1) is 15.9. The predicted octanol–water partition coefficient (Wildman–Crippen LogP) is 7.08. The molecule has 1 aliphatic heterocycles. The minimum atomic E-state index is -0.612. The average Bonchev–Trinajstić information content (AvgIpc) is 3.15. The fourth-order valence-corrected chi connectivity index (χ4v) is 3.88. The molecular weight excluding hydrogens is 416 g/mol. The monoisotopic (exact) mass is 460 g/mol. The summed E-state index contributed by atoms with van der Waals surface area (Å²) in [6.07, 6.45) is 14.8. The van der Waals surface area contributed by atoms with Gasteiger partial charge < -0.3 is 18.9 Å². The molecule has 1 atom stereocenters. The van der Waals surface area contributed by atoms with Crippen LogP contribution in [0.3, 0.4) is 0 Å². The van der Waals surface area contributed by atoms with Gasteiger partial charge in [0, 0.05) is 5.57 Å². The van der Waals surface area contributed by atoms with Gasteiger partial charge in [0.15, 0.2) is 5.79 Å². The molecule has 2 rings (SSSR count). The zero-order valence-corrected chi connectivity index (χ0v) is 21.2. The van der Waals surface area contributed by atoms with Crippen molar-refractivity contribution in [1.29, 1.82) is 0 Å². The summed E-state index contributed by atoms with van der Waals surface area (Å²) in [4.78, 5) is 12.2. The summed E-state index contributed by atoms with van der Waals surface area (Å²) >= 11 is 0. The van der Waals surface area contributed by atoms with E-state index in [0.29, 0.717) is 12.2 Å². The van der Waals surface area contributed by atoms with Crippen LogP contribution in [0.1, 0.15) is 97.5 Å². The normalized spacial score (nSPS) is 17.8. The first-order valence-corrected chi connectivity index (χ1v) is 12.8. The van der Waals surface area contributed by atoms with E-state index in [1.807, 2.05) is 44.2 Å². The first-order valence-electron chi connectivity index (χ1n) is 12.8. The number of unbranched alkanes of at least 4 members (excludes halogenated alkanes) is 9. The molecule has 0 aliphatic carbocycles. The van der Waals surface area contributed by atoms with Crippen molar-refractivity contribution in [1.82, 2.24) is 0 Å². The largest absolute Gasteiger partial charge is 0.494 e. The van der Waals surface area contributed by atoms with Crippen molar-refractivity contribution in [2.45, 2.75) is 104 Å². The molecule has 1 aromatic rings. The maximum Gasteiger partial charge on any atom is 0.333 e. The van der Waals surface area contributed by atoms with E-state index < -0.39 is 5.79 Å². The number of carbonyl (C=O) groups is 1. The van der Waals surface area contributed by atoms with Gasteiger partial charge in [-0.3, -0.25) is 0 Å². The molecular formula is C28H44O5. The number of esters is 1. The van der Waals surface area contributed by atoms with Crippen LogP contribution < -0.4 is 4.74 Å². The van der Waals surface area contributed by atoms with E-state index in [0.717, 1.165) is 24.3 Å². The maximum atomic E-state index is 12.2. The standard InChI is InChI=1S/C28H44O5/c1-5-6-7-8-9-10-11-12-13-14-19-30-25-17-15-24(16-18-25)20-23(2)27(29)31-21-26-22-32-28(3,4)33-26/h15-18,20,26H,5-14,19,21-22H2,1-4H3/b23-20+. The lowest BCUT2D eigenvalue weighted by molar-refractivity contribution is -0.155. The average molecular weight is 461 g/mol. The van der Waals surface area contributed by atoms with Crippen LogP contribution in [0.4, 0.5) is 0 Å². The van der Waals surface area contributed by atoms with E-state index >= 15 is 0 Å². The molecule has 0 aromatic heterocycles. The van der Waals surface area contributed by atoms with Crippen LogP contribution in [-0.2, 0) is 19.0 Å². The van der Waals surface area contributed by atoms with Crippen LogP contribution in [0.2, 0.25) is 0 Å². The van der Waals surface area contributed by atoms with Crippen molar-refractivity contribution < 1.29 is 23.7 Å². The predicted molar refractivity (Wildman–Crippen MR) is 133 cm³/mol. The minimum Gasteiger partial charge on any atom is -0.494 e. The highest BCUT2D eigenvalue weighted by Crippen LogP contribution is 2.22. The van der Waals surface area contributed by atoms with E-state index in [9.17, 15) is 4.79 Å². The Balaban J connectivity index is 1.58. The van der Waals surface area contributed by atoms with Gasteiger partial charge in [-0.1, -0.05) is 76.8 Å². The number of ether oxygens (including phenoxy) is 4. The SMILES string of the molecule is CCCCCCCCCCCCOc1ccc(/C=C(\C)C(=O)OCC2COC(C)(C)O2)cc1. The Kier molecular flexibility index (Phi) is 12.6. The van der Waals surface area contributed by atoms with Gasteiger partial charge in [-0.2, -0.15) is 0 Å². The summed E-state index contributed by atoms with van der Waals surface area (Å²) in [7, 11) is 0. The van der Waals surface area contributed by atoms with Crippen LogP contribution in [0.15, 0.2) is 29.8 Å². The Morgan fingerprint density at radius 2 is 1.61 bits per heavy atom. The quantitative estimate of drug-likeness (QED) is 0.150. The van der Waals surface area contributed by atoms with E-state index in [1.165, 1.54) is 57.8 Å². The first kappa shape index (κ1) is 27.4. The summed E-state index contributed by atoms with van der Waals surface area (Å²) in [6, 6.07) is 7.82. The minimum absolute atomic E-state index is 0.194. The smallest absolute Gasteiger partial charge is 0.333 e. The van der Waals surface area contributed by atoms with Crippen molar-refractivity contribution in [3.8, 4) is 5.75 Å². The zero-order chi connectivity index (χ0) is 23.9. The topological polar surface area (TPSA) is 54.0 Å². The van der Waals surface area contributed by atoms with Crippen molar-refractivity contribution in [2.75, 3.05) is 19.8 Å². The molecule has 5 heteroatoms. The fourth-order valence-electron chi connectivity index (χ4n) is 3.88. The van der Waals surface area contributed by atoms with Gasteiger partial charge in [0.05, 0.1) is 13.2 Å². The fraction of sp³-hybridized carbons (Fsp3) is 0.679.